The molecule has 0 fully saturated rings. The van der Waals surface area contributed by atoms with Gasteiger partial charge < -0.3 is 38.3 Å². The Balaban J connectivity index is 1.31. The minimum atomic E-state index is -0.667. The van der Waals surface area contributed by atoms with Gasteiger partial charge in [0.2, 0.25) is 0 Å². The highest BCUT2D eigenvalue weighted by molar-refractivity contribution is 5.91. The van der Waals surface area contributed by atoms with E-state index in [1.807, 2.05) is 0 Å². The number of carbonyl (C=O) groups is 4. The summed E-state index contributed by atoms with van der Waals surface area (Å²) in [6.45, 7) is 21.6. The molecule has 0 radical (unpaired) electrons. The molecule has 0 spiro atoms. The number of esters is 4. The van der Waals surface area contributed by atoms with E-state index in [4.69, 9.17) is 33.2 Å². The minimum Gasteiger partial charge on any atom is -0.504 e. The molecule has 12 nitrogen and oxygen atoms in total. The SMILES string of the molecule is COc1cc(C#Cc2cc(C#Cc3ccc(C(=O)OC(C)(C)C)cc3)c(C#Cc3ccc(C(=O)OC(C)(C)C)cc3)cc2OC)c(C#Cc2cc(C#Cc3ccc(C(=O)OC(C)(C)C)cc3)c(C#Cc3ccc(C(=O)OC(C)(C)C)cc3)cc2OC)cc1O. The topological polar surface area (TPSA) is 153 Å². The van der Waals surface area contributed by atoms with E-state index in [0.29, 0.717) is 101 Å². The molecule has 0 saturated heterocycles. The van der Waals surface area contributed by atoms with Crippen molar-refractivity contribution >= 4 is 23.9 Å². The number of carbonyl (C=O) groups excluding carboxylic acids is 4. The van der Waals surface area contributed by atoms with Gasteiger partial charge >= 0.3 is 23.9 Å². The lowest BCUT2D eigenvalue weighted by Gasteiger charge is -2.19. The summed E-state index contributed by atoms with van der Waals surface area (Å²) in [5.74, 6) is 37.5. The van der Waals surface area contributed by atoms with Crippen LogP contribution in [0.3, 0.4) is 0 Å². The Kier molecular flexibility index (Phi) is 20.6. The van der Waals surface area contributed by atoms with Gasteiger partial charge in [0.1, 0.15) is 33.9 Å². The van der Waals surface area contributed by atoms with Crippen LogP contribution < -0.4 is 14.2 Å². The van der Waals surface area contributed by atoms with Gasteiger partial charge in [-0.05, 0) is 204 Å². The molecule has 0 amide bonds. The maximum absolute atomic E-state index is 12.8. The average molecular weight is 1190 g/mol. The van der Waals surface area contributed by atoms with E-state index in [0.717, 1.165) is 0 Å². The van der Waals surface area contributed by atoms with Crippen molar-refractivity contribution in [2.24, 2.45) is 0 Å². The standard InChI is InChI=1S/C77H68O12/c1-74(2,3)86-70(79)54-28-16-50(17-29-54)24-36-58-44-64(67(83-13)47-61(58)38-26-52-20-32-56(33-21-52)72(81)88-76(7,8)9)42-40-60-46-66(78)69(85-15)49-63(60)41-43-65-45-59(37-25-51-18-30-55(31-19-51)71(80)87-75(4,5)6)62(48-68(65)84-14)39-27-53-22-34-57(35-23-53)73(82)89-77(10,11)12/h16-23,28-35,44-49,78H,1-15H3. The number of rotatable bonds is 7. The number of benzene rings is 7. The summed E-state index contributed by atoms with van der Waals surface area (Å²) >= 11 is 0. The zero-order valence-corrected chi connectivity index (χ0v) is 52.6. The zero-order valence-electron chi connectivity index (χ0n) is 52.6. The van der Waals surface area contributed by atoms with Crippen LogP contribution in [0.2, 0.25) is 0 Å². The molecule has 12 heteroatoms. The number of hydrogen-bond donors (Lipinski definition) is 1. The molecule has 7 aromatic rings. The monoisotopic (exact) mass is 1180 g/mol. The maximum Gasteiger partial charge on any atom is 0.338 e. The Hall–Kier alpha value is -11.0. The van der Waals surface area contributed by atoms with E-state index in [9.17, 15) is 24.3 Å². The summed E-state index contributed by atoms with van der Waals surface area (Å²) in [7, 11) is 4.46. The number of ether oxygens (including phenoxy) is 7. The number of hydrogen-bond acceptors (Lipinski definition) is 12. The summed E-state index contributed by atoms with van der Waals surface area (Å²) < 4.78 is 39.5. The second-order valence-corrected chi connectivity index (χ2v) is 24.1. The molecule has 0 aromatic heterocycles. The Labute approximate surface area is 522 Å². The van der Waals surface area contributed by atoms with Crippen LogP contribution >= 0.6 is 0 Å². The van der Waals surface area contributed by atoms with Crippen LogP contribution in [-0.4, -0.2) is 72.7 Å². The number of phenolic OH excluding ortho intramolecular Hbond substituents is 1. The third-order valence-corrected chi connectivity index (χ3v) is 12.1. The Bertz CT molecular complexity index is 4260. The molecule has 89 heavy (non-hydrogen) atoms. The fourth-order valence-electron chi connectivity index (χ4n) is 7.98. The van der Waals surface area contributed by atoms with Crippen LogP contribution in [0.15, 0.2) is 133 Å². The molecule has 0 aliphatic carbocycles. The highest BCUT2D eigenvalue weighted by atomic mass is 16.6. The third kappa shape index (κ3) is 19.5. The highest BCUT2D eigenvalue weighted by Gasteiger charge is 2.22. The minimum absolute atomic E-state index is 0.150. The van der Waals surface area contributed by atoms with Crippen LogP contribution in [0.5, 0.6) is 23.0 Å². The molecule has 7 aromatic carbocycles. The lowest BCUT2D eigenvalue weighted by molar-refractivity contribution is 0.00570. The molecule has 448 valence electrons. The average Bonchev–Trinajstić information content (AvgIpc) is 3.45. The second kappa shape index (κ2) is 28.0. The van der Waals surface area contributed by atoms with Crippen LogP contribution in [0, 0.1) is 71.0 Å². The van der Waals surface area contributed by atoms with Crippen LogP contribution in [0.25, 0.3) is 0 Å². The van der Waals surface area contributed by atoms with Gasteiger partial charge in [-0.1, -0.05) is 71.0 Å². The first-order valence-electron chi connectivity index (χ1n) is 28.3. The molecule has 0 heterocycles. The first-order valence-corrected chi connectivity index (χ1v) is 28.3. The summed E-state index contributed by atoms with van der Waals surface area (Å²) in [5, 5.41) is 11.2. The molecule has 7 rings (SSSR count). The van der Waals surface area contributed by atoms with Crippen molar-refractivity contribution in [3.63, 3.8) is 0 Å². The van der Waals surface area contributed by atoms with Crippen molar-refractivity contribution in [1.29, 1.82) is 0 Å². The quantitative estimate of drug-likeness (QED) is 0.0918. The van der Waals surface area contributed by atoms with Crippen molar-refractivity contribution in [3.05, 3.63) is 222 Å². The summed E-state index contributed by atoms with van der Waals surface area (Å²) in [6.07, 6.45) is 0. The van der Waals surface area contributed by atoms with Crippen LogP contribution in [0.4, 0.5) is 0 Å². The molecule has 0 aliphatic rings. The van der Waals surface area contributed by atoms with E-state index in [2.05, 4.69) is 71.0 Å². The first-order chi connectivity index (χ1) is 41.9. The van der Waals surface area contributed by atoms with Crippen LogP contribution in [0.1, 0.15) is 191 Å². The molecule has 0 bridgehead atoms. The second-order valence-electron chi connectivity index (χ2n) is 24.1. The van der Waals surface area contributed by atoms with Gasteiger partial charge in [-0.2, -0.15) is 0 Å². The van der Waals surface area contributed by atoms with Crippen molar-refractivity contribution in [2.45, 2.75) is 105 Å². The van der Waals surface area contributed by atoms with Gasteiger partial charge in [0.25, 0.3) is 0 Å². The normalized spacial score (nSPS) is 10.8. The Morgan fingerprint density at radius 2 is 0.483 bits per heavy atom. The van der Waals surface area contributed by atoms with Gasteiger partial charge in [-0.3, -0.25) is 0 Å². The highest BCUT2D eigenvalue weighted by Crippen LogP contribution is 2.31. The van der Waals surface area contributed by atoms with Crippen molar-refractivity contribution in [2.75, 3.05) is 21.3 Å². The van der Waals surface area contributed by atoms with Gasteiger partial charge in [-0.25, -0.2) is 19.2 Å². The van der Waals surface area contributed by atoms with Crippen molar-refractivity contribution in [3.8, 4) is 94.0 Å². The lowest BCUT2D eigenvalue weighted by atomic mass is 10.00. The Morgan fingerprint density at radius 1 is 0.281 bits per heavy atom. The first kappa shape index (κ1) is 65.5. The largest absolute Gasteiger partial charge is 0.504 e. The number of phenols is 1. The maximum atomic E-state index is 12.8. The zero-order chi connectivity index (χ0) is 64.8. The van der Waals surface area contributed by atoms with Gasteiger partial charge in [-0.15, -0.1) is 0 Å². The summed E-state index contributed by atoms with van der Waals surface area (Å²) in [4.78, 5) is 51.1. The van der Waals surface area contributed by atoms with Crippen molar-refractivity contribution < 1.29 is 57.4 Å². The smallest absolute Gasteiger partial charge is 0.338 e. The number of aromatic hydroxyl groups is 1. The number of methoxy groups -OCH3 is 3. The molecule has 0 saturated carbocycles. The van der Waals surface area contributed by atoms with Gasteiger partial charge in [0.15, 0.2) is 11.5 Å². The Morgan fingerprint density at radius 3 is 0.719 bits per heavy atom. The summed E-state index contributed by atoms with van der Waals surface area (Å²) in [5.41, 5.74) is 4.97. The third-order valence-electron chi connectivity index (χ3n) is 12.1. The molecule has 1 N–H and O–H groups in total. The molecule has 0 unspecified atom stereocenters. The summed E-state index contributed by atoms with van der Waals surface area (Å²) in [6, 6.07) is 37.1. The van der Waals surface area contributed by atoms with Gasteiger partial charge in [0.05, 0.1) is 54.7 Å². The fraction of sp³-hybridized carbons (Fsp3) is 0.247. The lowest BCUT2D eigenvalue weighted by Crippen LogP contribution is -2.23. The van der Waals surface area contributed by atoms with Crippen molar-refractivity contribution in [1.82, 2.24) is 0 Å². The van der Waals surface area contributed by atoms with Gasteiger partial charge in [0, 0.05) is 67.8 Å². The predicted molar refractivity (Wildman–Crippen MR) is 343 cm³/mol. The van der Waals surface area contributed by atoms with E-state index in [1.54, 1.807) is 210 Å². The molecular weight excluding hydrogens is 1120 g/mol. The predicted octanol–water partition coefficient (Wildman–Crippen LogP) is 13.6. The van der Waals surface area contributed by atoms with E-state index in [1.165, 1.54) is 27.4 Å². The molecular formula is C77H68O12. The van der Waals surface area contributed by atoms with E-state index in [-0.39, 0.29) is 11.5 Å². The van der Waals surface area contributed by atoms with E-state index >= 15 is 0 Å². The van der Waals surface area contributed by atoms with E-state index < -0.39 is 46.3 Å². The fourth-order valence-corrected chi connectivity index (χ4v) is 7.98. The molecule has 0 atom stereocenters. The molecule has 0 aliphatic heterocycles. The van der Waals surface area contributed by atoms with Crippen LogP contribution in [-0.2, 0) is 18.9 Å².